The summed E-state index contributed by atoms with van der Waals surface area (Å²) in [6.45, 7) is 0. The normalized spacial score (nSPS) is 12.6. The molecule has 3 nitrogen and oxygen atoms in total. The molecule has 63 heavy (non-hydrogen) atoms. The second kappa shape index (κ2) is 15.0. The number of nitrogens with zero attached hydrogens (tertiary/aromatic N) is 3. The average molecular weight is 804 g/mol. The van der Waals surface area contributed by atoms with Gasteiger partial charge in [0.25, 0.3) is 0 Å². The number of hydrogen-bond donors (Lipinski definition) is 0. The van der Waals surface area contributed by atoms with Gasteiger partial charge in [-0.25, -0.2) is 4.52 Å². The van der Waals surface area contributed by atoms with E-state index in [0.29, 0.717) is 0 Å². The topological polar surface area (TPSA) is 20.5 Å². The van der Waals surface area contributed by atoms with E-state index in [2.05, 4.69) is 258 Å². The van der Waals surface area contributed by atoms with Crippen molar-refractivity contribution in [3.63, 3.8) is 0 Å². The van der Waals surface area contributed by atoms with Crippen LogP contribution in [-0.4, -0.2) is 9.61 Å². The fourth-order valence-corrected chi connectivity index (χ4v) is 10.2. The van der Waals surface area contributed by atoms with E-state index in [0.717, 1.165) is 67.0 Å². The van der Waals surface area contributed by atoms with Crippen molar-refractivity contribution in [1.82, 2.24) is 9.61 Å². The van der Waals surface area contributed by atoms with Gasteiger partial charge in [0.15, 0.2) is 0 Å². The number of rotatable bonds is 8. The highest BCUT2D eigenvalue weighted by atomic mass is 15.2. The molecule has 11 aromatic rings. The van der Waals surface area contributed by atoms with Crippen LogP contribution < -0.4 is 4.90 Å². The molecule has 3 heteroatoms. The Hall–Kier alpha value is -8.27. The average Bonchev–Trinajstić information content (AvgIpc) is 3.91. The Bertz CT molecular complexity index is 3380. The highest BCUT2D eigenvalue weighted by Crippen LogP contribution is 2.59. The van der Waals surface area contributed by atoms with Gasteiger partial charge >= 0.3 is 0 Å². The standard InChI is InChI=1S/C60H41N3/c1-7-22-42(23-8-1)55-41-45-40-49(38-39-50(45)59-56(43-24-9-2-10-25-43)58(61-63(55)59)44-26-11-3-12-27-44)62(48-32-17-6-18-33-48)54-37-21-36-53-57(54)51-34-19-20-35-52(51)60(53,46-28-13-4-14-29-46)47-30-15-5-16-31-47/h1-41H. The fourth-order valence-electron chi connectivity index (χ4n) is 10.2. The van der Waals surface area contributed by atoms with Gasteiger partial charge in [-0.3, -0.25) is 0 Å². The van der Waals surface area contributed by atoms with Crippen LogP contribution >= 0.6 is 0 Å². The van der Waals surface area contributed by atoms with Crippen LogP contribution in [0.3, 0.4) is 0 Å². The minimum Gasteiger partial charge on any atom is -0.310 e. The van der Waals surface area contributed by atoms with E-state index in [9.17, 15) is 0 Å². The number of para-hydroxylation sites is 1. The Morgan fingerprint density at radius 1 is 0.397 bits per heavy atom. The summed E-state index contributed by atoms with van der Waals surface area (Å²) in [5, 5.41) is 7.74. The third-order valence-electron chi connectivity index (χ3n) is 12.8. The molecule has 0 amide bonds. The molecule has 9 aromatic carbocycles. The quantitative estimate of drug-likeness (QED) is 0.153. The lowest BCUT2D eigenvalue weighted by molar-refractivity contribution is 0.768. The highest BCUT2D eigenvalue weighted by molar-refractivity contribution is 6.10. The molecule has 0 aliphatic heterocycles. The number of pyridine rings is 1. The van der Waals surface area contributed by atoms with Crippen molar-refractivity contribution in [1.29, 1.82) is 0 Å². The molecule has 0 fully saturated rings. The number of fused-ring (bicyclic) bond motifs is 6. The van der Waals surface area contributed by atoms with Gasteiger partial charge in [0.05, 0.1) is 22.3 Å². The van der Waals surface area contributed by atoms with E-state index in [-0.39, 0.29) is 0 Å². The second-order valence-electron chi connectivity index (χ2n) is 16.3. The lowest BCUT2D eigenvalue weighted by atomic mass is 9.68. The van der Waals surface area contributed by atoms with Crippen molar-refractivity contribution in [2.75, 3.05) is 4.90 Å². The van der Waals surface area contributed by atoms with Gasteiger partial charge in [-0.15, -0.1) is 0 Å². The van der Waals surface area contributed by atoms with Crippen LogP contribution in [-0.2, 0) is 5.41 Å². The Labute approximate surface area is 367 Å². The van der Waals surface area contributed by atoms with E-state index in [1.807, 2.05) is 0 Å². The van der Waals surface area contributed by atoms with Crippen molar-refractivity contribution >= 4 is 33.4 Å². The van der Waals surface area contributed by atoms with Gasteiger partial charge in [0, 0.05) is 39.0 Å². The van der Waals surface area contributed by atoms with Crippen molar-refractivity contribution < 1.29 is 0 Å². The number of hydrogen-bond acceptors (Lipinski definition) is 2. The monoisotopic (exact) mass is 803 g/mol. The molecule has 2 heterocycles. The van der Waals surface area contributed by atoms with Crippen LogP contribution in [0.1, 0.15) is 22.3 Å². The fraction of sp³-hybridized carbons (Fsp3) is 0.0167. The first-order chi connectivity index (χ1) is 31.3. The number of aromatic nitrogens is 2. The zero-order valence-electron chi connectivity index (χ0n) is 34.5. The maximum atomic E-state index is 5.47. The van der Waals surface area contributed by atoms with Gasteiger partial charge in [-0.2, -0.15) is 5.10 Å². The summed E-state index contributed by atoms with van der Waals surface area (Å²) in [4.78, 5) is 2.46. The first kappa shape index (κ1) is 36.6. The van der Waals surface area contributed by atoms with E-state index < -0.39 is 5.41 Å². The summed E-state index contributed by atoms with van der Waals surface area (Å²) in [6.07, 6.45) is 0. The maximum absolute atomic E-state index is 5.47. The molecule has 0 saturated carbocycles. The van der Waals surface area contributed by atoms with Crippen LogP contribution in [0.5, 0.6) is 0 Å². The Morgan fingerprint density at radius 3 is 1.59 bits per heavy atom. The van der Waals surface area contributed by atoms with E-state index >= 15 is 0 Å². The second-order valence-corrected chi connectivity index (χ2v) is 16.3. The molecule has 0 radical (unpaired) electrons. The summed E-state index contributed by atoms with van der Waals surface area (Å²) in [5.74, 6) is 0. The molecule has 1 aliphatic rings. The van der Waals surface area contributed by atoms with Crippen LogP contribution in [0.15, 0.2) is 249 Å². The summed E-state index contributed by atoms with van der Waals surface area (Å²) in [6, 6.07) is 90.1. The molecule has 0 saturated heterocycles. The predicted octanol–water partition coefficient (Wildman–Crippen LogP) is 15.3. The lowest BCUT2D eigenvalue weighted by Gasteiger charge is -2.34. The third-order valence-corrected chi connectivity index (χ3v) is 12.8. The summed E-state index contributed by atoms with van der Waals surface area (Å²) < 4.78 is 2.17. The zero-order chi connectivity index (χ0) is 41.7. The summed E-state index contributed by atoms with van der Waals surface area (Å²) >= 11 is 0. The zero-order valence-corrected chi connectivity index (χ0v) is 34.5. The maximum Gasteiger partial charge on any atom is 0.101 e. The SMILES string of the molecule is c1ccc(-c2nn3c(-c4ccccc4)cc4cc(N(c5ccccc5)c5cccc6c5-c5ccccc5C6(c5ccccc5)c5ccccc5)ccc4c3c2-c2ccccc2)cc1. The number of benzene rings is 9. The Kier molecular flexibility index (Phi) is 8.72. The lowest BCUT2D eigenvalue weighted by Crippen LogP contribution is -2.28. The summed E-state index contributed by atoms with van der Waals surface area (Å²) in [7, 11) is 0. The van der Waals surface area contributed by atoms with Crippen LogP contribution in [0.4, 0.5) is 17.1 Å². The van der Waals surface area contributed by atoms with Crippen LogP contribution in [0, 0.1) is 0 Å². The molecular formula is C60H41N3. The third kappa shape index (κ3) is 5.78. The number of anilines is 3. The van der Waals surface area contributed by atoms with Gasteiger partial charge in [-0.05, 0) is 75.2 Å². The van der Waals surface area contributed by atoms with E-state index in [4.69, 9.17) is 5.10 Å². The molecular weight excluding hydrogens is 763 g/mol. The first-order valence-corrected chi connectivity index (χ1v) is 21.6. The van der Waals surface area contributed by atoms with E-state index in [1.165, 1.54) is 33.4 Å². The van der Waals surface area contributed by atoms with Gasteiger partial charge < -0.3 is 4.90 Å². The van der Waals surface area contributed by atoms with Crippen molar-refractivity contribution in [2.45, 2.75) is 5.41 Å². The predicted molar refractivity (Wildman–Crippen MR) is 261 cm³/mol. The molecule has 2 aromatic heterocycles. The van der Waals surface area contributed by atoms with Crippen LogP contribution in [0.2, 0.25) is 0 Å². The molecule has 0 unspecified atom stereocenters. The molecule has 1 aliphatic carbocycles. The largest absolute Gasteiger partial charge is 0.310 e. The van der Waals surface area contributed by atoms with Gasteiger partial charge in [0.1, 0.15) is 5.69 Å². The molecule has 0 bridgehead atoms. The minimum absolute atomic E-state index is 0.515. The molecule has 12 rings (SSSR count). The smallest absolute Gasteiger partial charge is 0.101 e. The van der Waals surface area contributed by atoms with Crippen molar-refractivity contribution in [3.8, 4) is 44.8 Å². The van der Waals surface area contributed by atoms with Crippen molar-refractivity contribution in [2.24, 2.45) is 0 Å². The van der Waals surface area contributed by atoms with Gasteiger partial charge in [-0.1, -0.05) is 212 Å². The Balaban J connectivity index is 1.15. The van der Waals surface area contributed by atoms with Crippen molar-refractivity contribution in [3.05, 3.63) is 271 Å². The highest BCUT2D eigenvalue weighted by Gasteiger charge is 2.47. The van der Waals surface area contributed by atoms with Gasteiger partial charge in [0.2, 0.25) is 0 Å². The minimum atomic E-state index is -0.515. The molecule has 0 atom stereocenters. The Morgan fingerprint density at radius 2 is 0.937 bits per heavy atom. The first-order valence-electron chi connectivity index (χ1n) is 21.6. The summed E-state index contributed by atoms with van der Waals surface area (Å²) in [5.41, 5.74) is 17.8. The molecule has 296 valence electrons. The van der Waals surface area contributed by atoms with Crippen LogP contribution in [0.25, 0.3) is 61.1 Å². The molecule has 0 spiro atoms. The molecule has 0 N–H and O–H groups in total. The van der Waals surface area contributed by atoms with E-state index in [1.54, 1.807) is 0 Å².